The molecule has 3 N–H and O–H groups in total. The van der Waals surface area contributed by atoms with Crippen molar-refractivity contribution in [3.05, 3.63) is 52.7 Å². The van der Waals surface area contributed by atoms with Crippen LogP contribution in [-0.2, 0) is 4.79 Å². The Morgan fingerprint density at radius 2 is 2.04 bits per heavy atom. The summed E-state index contributed by atoms with van der Waals surface area (Å²) in [6.45, 7) is -0.0247. The zero-order valence-corrected chi connectivity index (χ0v) is 14.8. The van der Waals surface area contributed by atoms with Gasteiger partial charge in [0.2, 0.25) is 5.91 Å². The molecule has 1 aliphatic heterocycles. The predicted octanol–water partition coefficient (Wildman–Crippen LogP) is 2.43. The quantitative estimate of drug-likeness (QED) is 0.740. The molecular weight excluding hydrogens is 382 g/mol. The normalized spacial score (nSPS) is 18.7. The van der Waals surface area contributed by atoms with Gasteiger partial charge < -0.3 is 15.4 Å². The van der Waals surface area contributed by atoms with Gasteiger partial charge in [0, 0.05) is 36.4 Å². The molecule has 142 valence electrons. The highest BCUT2D eigenvalue weighted by atomic mass is 35.5. The number of hydrogen-bond donors (Lipinski definition) is 3. The number of ether oxygens (including phenoxy) is 1. The van der Waals surface area contributed by atoms with E-state index in [-0.39, 0.29) is 23.7 Å². The number of aromatic nitrogens is 1. The number of hydrogen-bond acceptors (Lipinski definition) is 4. The number of amides is 3. The summed E-state index contributed by atoms with van der Waals surface area (Å²) in [6, 6.07) is 3.14. The monoisotopic (exact) mass is 396 g/mol. The van der Waals surface area contributed by atoms with Crippen LogP contribution in [0.3, 0.4) is 0 Å². The second-order valence-electron chi connectivity index (χ2n) is 5.79. The molecule has 0 spiro atoms. The number of rotatable bonds is 4. The van der Waals surface area contributed by atoms with Gasteiger partial charge in [-0.25, -0.2) is 18.6 Å². The molecule has 2 atom stereocenters. The molecule has 3 rings (SSSR count). The van der Waals surface area contributed by atoms with Gasteiger partial charge in [-0.05, 0) is 12.1 Å². The Morgan fingerprint density at radius 3 is 2.63 bits per heavy atom. The highest BCUT2D eigenvalue weighted by Crippen LogP contribution is 2.31. The summed E-state index contributed by atoms with van der Waals surface area (Å²) < 4.78 is 33.5. The molecule has 0 aliphatic carbocycles. The van der Waals surface area contributed by atoms with Gasteiger partial charge in [-0.15, -0.1) is 0 Å². The van der Waals surface area contributed by atoms with Crippen molar-refractivity contribution in [3.8, 4) is 5.75 Å². The third kappa shape index (κ3) is 4.08. The Labute approximate surface area is 158 Å². The summed E-state index contributed by atoms with van der Waals surface area (Å²) in [5.74, 6) is -2.98. The first kappa shape index (κ1) is 18.8. The third-order valence-corrected chi connectivity index (χ3v) is 4.32. The van der Waals surface area contributed by atoms with Crippen LogP contribution in [-0.4, -0.2) is 36.6 Å². The van der Waals surface area contributed by atoms with Crippen LogP contribution in [0, 0.1) is 11.6 Å². The number of nitrogens with one attached hydrogen (secondary N) is 3. The first-order valence-electron chi connectivity index (χ1n) is 7.88. The highest BCUT2D eigenvalue weighted by molar-refractivity contribution is 6.30. The number of methoxy groups -OCH3 is 1. The largest absolute Gasteiger partial charge is 0.497 e. The summed E-state index contributed by atoms with van der Waals surface area (Å²) in [6.07, 6.45) is 1.34. The Hall–Kier alpha value is -2.94. The van der Waals surface area contributed by atoms with Crippen LogP contribution in [0.5, 0.6) is 5.75 Å². The number of pyridine rings is 1. The second kappa shape index (κ2) is 7.75. The number of nitrogens with zero attached hydrogens (tertiary/aromatic N) is 1. The fourth-order valence-corrected chi connectivity index (χ4v) is 2.94. The maximum Gasteiger partial charge on any atom is 0.321 e. The molecule has 2 heterocycles. The van der Waals surface area contributed by atoms with Crippen molar-refractivity contribution in [2.45, 2.75) is 12.0 Å². The van der Waals surface area contributed by atoms with Gasteiger partial charge in [0.25, 0.3) is 0 Å². The van der Waals surface area contributed by atoms with Crippen molar-refractivity contribution in [1.82, 2.24) is 15.6 Å². The van der Waals surface area contributed by atoms with Crippen molar-refractivity contribution in [2.75, 3.05) is 19.0 Å². The number of anilines is 1. The van der Waals surface area contributed by atoms with Crippen LogP contribution in [0.25, 0.3) is 0 Å². The molecule has 27 heavy (non-hydrogen) atoms. The van der Waals surface area contributed by atoms with Crippen LogP contribution in [0.4, 0.5) is 19.4 Å². The lowest BCUT2D eigenvalue weighted by Gasteiger charge is -2.20. The number of halogens is 3. The minimum atomic E-state index is -1.16. The standard InChI is InChI=1S/C17H15ClF2N4O3/c1-27-9-4-11(19)14(12(20)5-9)10-7-22-16(25)15(10)24-17(26)23-13-3-2-8(18)6-21-13/h2-6,10,15H,7H2,1H3,(H,22,25)(H2,21,23,24,26)/t10-,15-/m0/s1. The van der Waals surface area contributed by atoms with Crippen LogP contribution in [0.15, 0.2) is 30.5 Å². The van der Waals surface area contributed by atoms with Crippen molar-refractivity contribution < 1.29 is 23.1 Å². The Kier molecular flexibility index (Phi) is 5.41. The van der Waals surface area contributed by atoms with E-state index in [9.17, 15) is 18.4 Å². The molecule has 0 radical (unpaired) electrons. The van der Waals surface area contributed by atoms with E-state index >= 15 is 0 Å². The van der Waals surface area contributed by atoms with Crippen molar-refractivity contribution in [3.63, 3.8) is 0 Å². The number of carbonyl (C=O) groups excluding carboxylic acids is 2. The van der Waals surface area contributed by atoms with Crippen LogP contribution >= 0.6 is 11.6 Å². The minimum absolute atomic E-state index is 0.0158. The zero-order chi connectivity index (χ0) is 19.6. The molecule has 7 nitrogen and oxygen atoms in total. The topological polar surface area (TPSA) is 92.4 Å². The molecule has 0 unspecified atom stereocenters. The fraction of sp³-hybridized carbons (Fsp3) is 0.235. The minimum Gasteiger partial charge on any atom is -0.497 e. The van der Waals surface area contributed by atoms with Gasteiger partial charge in [-0.1, -0.05) is 11.6 Å². The Balaban J connectivity index is 1.78. The lowest BCUT2D eigenvalue weighted by Crippen LogP contribution is -2.45. The molecule has 1 aliphatic rings. The van der Waals surface area contributed by atoms with E-state index in [0.717, 1.165) is 12.1 Å². The van der Waals surface area contributed by atoms with E-state index < -0.39 is 35.5 Å². The van der Waals surface area contributed by atoms with Gasteiger partial charge in [0.1, 0.15) is 29.2 Å². The average Bonchev–Trinajstić information content (AvgIpc) is 2.97. The molecule has 1 fully saturated rings. The van der Waals surface area contributed by atoms with E-state index in [1.807, 2.05) is 0 Å². The number of urea groups is 1. The summed E-state index contributed by atoms with van der Waals surface area (Å²) >= 11 is 5.72. The maximum absolute atomic E-state index is 14.4. The third-order valence-electron chi connectivity index (χ3n) is 4.10. The van der Waals surface area contributed by atoms with E-state index in [0.29, 0.717) is 5.02 Å². The van der Waals surface area contributed by atoms with E-state index in [1.165, 1.54) is 25.4 Å². The first-order valence-corrected chi connectivity index (χ1v) is 8.26. The number of benzene rings is 1. The zero-order valence-electron chi connectivity index (χ0n) is 14.1. The van der Waals surface area contributed by atoms with E-state index in [1.54, 1.807) is 0 Å². The van der Waals surface area contributed by atoms with Crippen LogP contribution in [0.2, 0.25) is 5.02 Å². The van der Waals surface area contributed by atoms with Gasteiger partial charge in [-0.3, -0.25) is 10.1 Å². The smallest absolute Gasteiger partial charge is 0.321 e. The van der Waals surface area contributed by atoms with Gasteiger partial charge in [-0.2, -0.15) is 0 Å². The Morgan fingerprint density at radius 1 is 1.33 bits per heavy atom. The first-order chi connectivity index (χ1) is 12.9. The molecule has 1 aromatic heterocycles. The van der Waals surface area contributed by atoms with Gasteiger partial charge in [0.05, 0.1) is 12.1 Å². The average molecular weight is 397 g/mol. The predicted molar refractivity (Wildman–Crippen MR) is 93.9 cm³/mol. The van der Waals surface area contributed by atoms with E-state index in [4.69, 9.17) is 16.3 Å². The van der Waals surface area contributed by atoms with E-state index in [2.05, 4.69) is 20.9 Å². The van der Waals surface area contributed by atoms with Crippen LogP contribution < -0.4 is 20.7 Å². The SMILES string of the molecule is COc1cc(F)c([C@@H]2CNC(=O)[C@H]2NC(=O)Nc2ccc(Cl)cn2)c(F)c1. The van der Waals surface area contributed by atoms with Gasteiger partial charge in [0.15, 0.2) is 0 Å². The molecule has 3 amide bonds. The second-order valence-corrected chi connectivity index (χ2v) is 6.23. The Bertz CT molecular complexity index is 856. The molecular formula is C17H15ClF2N4O3. The highest BCUT2D eigenvalue weighted by Gasteiger charge is 2.40. The van der Waals surface area contributed by atoms with Gasteiger partial charge >= 0.3 is 6.03 Å². The molecule has 2 aromatic rings. The molecule has 1 saturated heterocycles. The summed E-state index contributed by atoms with van der Waals surface area (Å²) in [5.41, 5.74) is -0.302. The summed E-state index contributed by atoms with van der Waals surface area (Å²) in [5, 5.41) is 7.74. The summed E-state index contributed by atoms with van der Waals surface area (Å²) in [7, 11) is 1.29. The molecule has 10 heteroatoms. The fourth-order valence-electron chi connectivity index (χ4n) is 2.83. The van der Waals surface area contributed by atoms with Crippen molar-refractivity contribution in [2.24, 2.45) is 0 Å². The molecule has 0 bridgehead atoms. The van der Waals surface area contributed by atoms with Crippen molar-refractivity contribution in [1.29, 1.82) is 0 Å². The summed E-state index contributed by atoms with van der Waals surface area (Å²) in [4.78, 5) is 28.1. The molecule has 0 saturated carbocycles. The number of carbonyl (C=O) groups is 2. The lowest BCUT2D eigenvalue weighted by molar-refractivity contribution is -0.120. The van der Waals surface area contributed by atoms with Crippen LogP contribution in [0.1, 0.15) is 11.5 Å². The maximum atomic E-state index is 14.4. The molecule has 1 aromatic carbocycles. The lowest BCUT2D eigenvalue weighted by atomic mass is 9.93. The van der Waals surface area contributed by atoms with Crippen molar-refractivity contribution >= 4 is 29.4 Å².